The molecule has 0 saturated heterocycles. The molecule has 3 rings (SSSR count). The minimum Gasteiger partial charge on any atom is -0.457 e. The molecule has 0 fully saturated rings. The Kier molecular flexibility index (Phi) is 3.75. The van der Waals surface area contributed by atoms with Crippen LogP contribution < -0.4 is 9.47 Å². The van der Waals surface area contributed by atoms with Crippen molar-refractivity contribution in [3.05, 3.63) is 40.8 Å². The Bertz CT molecular complexity index is 705. The van der Waals surface area contributed by atoms with Gasteiger partial charge in [-0.15, -0.1) is 0 Å². The molecule has 0 aliphatic carbocycles. The monoisotopic (exact) mass is 303 g/mol. The predicted molar refractivity (Wildman–Crippen MR) is 77.0 cm³/mol. The number of rotatable bonds is 4. The Labute approximate surface area is 128 Å². The average Bonchev–Trinajstić information content (AvgIpc) is 3.10. The number of carbonyl (C=O) groups excluding carboxylic acids is 1. The first kappa shape index (κ1) is 14.4. The number of ether oxygens (including phenoxy) is 3. The third kappa shape index (κ3) is 2.64. The lowest BCUT2D eigenvalue weighted by molar-refractivity contribution is 0.0468. The molecule has 1 aliphatic heterocycles. The maximum absolute atomic E-state index is 12.3. The first-order valence-corrected chi connectivity index (χ1v) is 7.08. The van der Waals surface area contributed by atoms with Crippen LogP contribution >= 0.6 is 0 Å². The van der Waals surface area contributed by atoms with Crippen molar-refractivity contribution in [3.8, 4) is 11.5 Å². The van der Waals surface area contributed by atoms with Crippen LogP contribution in [0.25, 0.3) is 0 Å². The highest BCUT2D eigenvalue weighted by Crippen LogP contribution is 2.32. The van der Waals surface area contributed by atoms with Gasteiger partial charge in [0.25, 0.3) is 0 Å². The third-order valence-electron chi connectivity index (χ3n) is 3.42. The molecule has 2 aromatic rings. The third-order valence-corrected chi connectivity index (χ3v) is 3.42. The van der Waals surface area contributed by atoms with Gasteiger partial charge in [-0.1, -0.05) is 25.1 Å². The summed E-state index contributed by atoms with van der Waals surface area (Å²) in [7, 11) is 0. The van der Waals surface area contributed by atoms with Crippen LogP contribution in [0.4, 0.5) is 0 Å². The molecule has 0 saturated carbocycles. The van der Waals surface area contributed by atoms with Gasteiger partial charge in [0.1, 0.15) is 12.2 Å². The first-order valence-electron chi connectivity index (χ1n) is 7.08. The Morgan fingerprint density at radius 1 is 1.32 bits per heavy atom. The molecule has 2 heterocycles. The highest BCUT2D eigenvalue weighted by Gasteiger charge is 2.24. The van der Waals surface area contributed by atoms with Gasteiger partial charge in [0.2, 0.25) is 6.79 Å². The molecule has 22 heavy (non-hydrogen) atoms. The lowest BCUT2D eigenvalue weighted by Gasteiger charge is -2.07. The zero-order valence-corrected chi connectivity index (χ0v) is 12.7. The van der Waals surface area contributed by atoms with E-state index in [1.807, 2.05) is 19.9 Å². The molecule has 0 spiro atoms. The van der Waals surface area contributed by atoms with Crippen LogP contribution in [0.5, 0.6) is 11.5 Å². The highest BCUT2D eigenvalue weighted by atomic mass is 16.7. The molecular weight excluding hydrogens is 286 g/mol. The van der Waals surface area contributed by atoms with Gasteiger partial charge in [0, 0.05) is 5.92 Å². The molecule has 0 unspecified atom stereocenters. The van der Waals surface area contributed by atoms with E-state index in [4.69, 9.17) is 18.7 Å². The number of nitrogens with zero attached hydrogens (tertiary/aromatic N) is 1. The maximum Gasteiger partial charge on any atom is 0.344 e. The molecule has 0 N–H and O–H groups in total. The van der Waals surface area contributed by atoms with E-state index in [9.17, 15) is 4.79 Å². The van der Waals surface area contributed by atoms with Crippen LogP contribution in [-0.4, -0.2) is 17.9 Å². The van der Waals surface area contributed by atoms with Gasteiger partial charge < -0.3 is 18.7 Å². The largest absolute Gasteiger partial charge is 0.457 e. The molecule has 0 bridgehead atoms. The summed E-state index contributed by atoms with van der Waals surface area (Å²) in [6, 6.07) is 5.44. The van der Waals surface area contributed by atoms with Crippen LogP contribution in [0.3, 0.4) is 0 Å². The van der Waals surface area contributed by atoms with Crippen LogP contribution in [-0.2, 0) is 11.3 Å². The number of carbonyl (C=O) groups is 1. The second-order valence-electron chi connectivity index (χ2n) is 5.43. The molecular formula is C16H17NO5. The average molecular weight is 303 g/mol. The number of aromatic nitrogens is 1. The standard InChI is InChI=1S/C16H17NO5/c1-9(2)15-14(10(3)17-22-15)16(18)19-7-11-4-5-12-13(6-11)21-8-20-12/h4-6,9H,7-8H2,1-3H3. The van der Waals surface area contributed by atoms with E-state index < -0.39 is 5.97 Å². The van der Waals surface area contributed by atoms with E-state index in [0.717, 1.165) is 5.56 Å². The van der Waals surface area contributed by atoms with Crippen LogP contribution in [0, 0.1) is 6.92 Å². The van der Waals surface area contributed by atoms with Gasteiger partial charge in [0.05, 0.1) is 5.69 Å². The Morgan fingerprint density at radius 3 is 2.86 bits per heavy atom. The second-order valence-corrected chi connectivity index (χ2v) is 5.43. The maximum atomic E-state index is 12.3. The van der Waals surface area contributed by atoms with Crippen molar-refractivity contribution >= 4 is 5.97 Å². The van der Waals surface area contributed by atoms with Crippen molar-refractivity contribution in [1.82, 2.24) is 5.16 Å². The van der Waals surface area contributed by atoms with Gasteiger partial charge in [-0.3, -0.25) is 0 Å². The molecule has 0 radical (unpaired) electrons. The highest BCUT2D eigenvalue weighted by molar-refractivity contribution is 5.91. The second kappa shape index (κ2) is 5.71. The van der Waals surface area contributed by atoms with Crippen molar-refractivity contribution in [2.45, 2.75) is 33.3 Å². The summed E-state index contributed by atoms with van der Waals surface area (Å²) in [6.07, 6.45) is 0. The molecule has 116 valence electrons. The van der Waals surface area contributed by atoms with E-state index in [-0.39, 0.29) is 19.3 Å². The summed E-state index contributed by atoms with van der Waals surface area (Å²) in [5.74, 6) is 1.55. The van der Waals surface area contributed by atoms with Crippen LogP contribution in [0.1, 0.15) is 47.1 Å². The Balaban J connectivity index is 1.71. The fraction of sp³-hybridized carbons (Fsp3) is 0.375. The first-order chi connectivity index (χ1) is 10.6. The molecule has 6 heteroatoms. The van der Waals surface area contributed by atoms with E-state index in [0.29, 0.717) is 28.5 Å². The Morgan fingerprint density at radius 2 is 2.09 bits per heavy atom. The minimum atomic E-state index is -0.430. The summed E-state index contributed by atoms with van der Waals surface area (Å²) in [6.45, 7) is 5.98. The summed E-state index contributed by atoms with van der Waals surface area (Å²) < 4.78 is 21.1. The summed E-state index contributed by atoms with van der Waals surface area (Å²) >= 11 is 0. The summed E-state index contributed by atoms with van der Waals surface area (Å²) in [4.78, 5) is 12.3. The lowest BCUT2D eigenvalue weighted by Crippen LogP contribution is -2.09. The summed E-state index contributed by atoms with van der Waals surface area (Å²) in [5.41, 5.74) is 1.79. The van der Waals surface area contributed by atoms with Crippen molar-refractivity contribution in [3.63, 3.8) is 0 Å². The minimum absolute atomic E-state index is 0.0642. The normalized spacial score (nSPS) is 12.7. The van der Waals surface area contributed by atoms with Crippen molar-refractivity contribution in [2.75, 3.05) is 6.79 Å². The van der Waals surface area contributed by atoms with E-state index >= 15 is 0 Å². The van der Waals surface area contributed by atoms with Crippen LogP contribution in [0.15, 0.2) is 22.7 Å². The number of hydrogen-bond donors (Lipinski definition) is 0. The molecule has 6 nitrogen and oxygen atoms in total. The number of aryl methyl sites for hydroxylation is 1. The number of fused-ring (bicyclic) bond motifs is 1. The molecule has 0 atom stereocenters. The van der Waals surface area contributed by atoms with Gasteiger partial charge in [-0.05, 0) is 24.6 Å². The van der Waals surface area contributed by atoms with E-state index in [1.54, 1.807) is 19.1 Å². The summed E-state index contributed by atoms with van der Waals surface area (Å²) in [5, 5.41) is 3.85. The van der Waals surface area contributed by atoms with Gasteiger partial charge in [-0.25, -0.2) is 4.79 Å². The van der Waals surface area contributed by atoms with Crippen molar-refractivity contribution in [2.24, 2.45) is 0 Å². The van der Waals surface area contributed by atoms with Crippen molar-refractivity contribution in [1.29, 1.82) is 0 Å². The zero-order valence-electron chi connectivity index (χ0n) is 12.7. The molecule has 1 aliphatic rings. The number of esters is 1. The van der Waals surface area contributed by atoms with E-state index in [2.05, 4.69) is 5.16 Å². The van der Waals surface area contributed by atoms with E-state index in [1.165, 1.54) is 0 Å². The molecule has 0 amide bonds. The molecule has 1 aromatic carbocycles. The topological polar surface area (TPSA) is 70.8 Å². The fourth-order valence-electron chi connectivity index (χ4n) is 2.28. The van der Waals surface area contributed by atoms with Gasteiger partial charge in [0.15, 0.2) is 17.3 Å². The smallest absolute Gasteiger partial charge is 0.344 e. The molecule has 1 aromatic heterocycles. The van der Waals surface area contributed by atoms with Gasteiger partial charge in [-0.2, -0.15) is 0 Å². The Hall–Kier alpha value is -2.50. The van der Waals surface area contributed by atoms with Crippen molar-refractivity contribution < 1.29 is 23.5 Å². The fourth-order valence-corrected chi connectivity index (χ4v) is 2.28. The SMILES string of the molecule is Cc1noc(C(C)C)c1C(=O)OCc1ccc2c(c1)OCO2. The number of hydrogen-bond acceptors (Lipinski definition) is 6. The zero-order chi connectivity index (χ0) is 15.7. The van der Waals surface area contributed by atoms with Crippen LogP contribution in [0.2, 0.25) is 0 Å². The van der Waals surface area contributed by atoms with Gasteiger partial charge >= 0.3 is 5.97 Å². The lowest BCUT2D eigenvalue weighted by atomic mass is 10.1. The predicted octanol–water partition coefficient (Wildman–Crippen LogP) is 3.19. The number of benzene rings is 1. The quantitative estimate of drug-likeness (QED) is 0.808.